The predicted molar refractivity (Wildman–Crippen MR) is 153 cm³/mol. The van der Waals surface area contributed by atoms with Gasteiger partial charge in [-0.1, -0.05) is 37.1 Å². The van der Waals surface area contributed by atoms with Crippen LogP contribution in [-0.4, -0.2) is 124 Å². The fourth-order valence-electron chi connectivity index (χ4n) is 0.438. The van der Waals surface area contributed by atoms with Crippen LogP contribution in [0.1, 0.15) is 56.4 Å². The smallest absolute Gasteiger partial charge is 0.373 e. The summed E-state index contributed by atoms with van der Waals surface area (Å²) in [7, 11) is 0. The number of hydrogen-bond donors (Lipinski definition) is 14. The van der Waals surface area contributed by atoms with E-state index in [4.69, 9.17) is 78.4 Å². The molecule has 0 aromatic heterocycles. The summed E-state index contributed by atoms with van der Waals surface area (Å²) in [6.45, 7) is 1.24. The maximum atomic E-state index is 9.18. The summed E-state index contributed by atoms with van der Waals surface area (Å²) in [6, 6.07) is 0. The van der Waals surface area contributed by atoms with E-state index in [0.717, 1.165) is 0 Å². The van der Waals surface area contributed by atoms with E-state index in [2.05, 4.69) is 20.4 Å². The lowest BCUT2D eigenvalue weighted by atomic mass is 10.5. The largest absolute Gasteiger partial charge is 0.663 e. The molecule has 0 fully saturated rings. The predicted octanol–water partition coefficient (Wildman–Crippen LogP) is -3.00. The molecule has 20 heteroatoms. The van der Waals surface area contributed by atoms with E-state index < -0.39 is 5.90 Å². The van der Waals surface area contributed by atoms with E-state index in [1.807, 2.05) is 0 Å². The second-order valence-corrected chi connectivity index (χ2v) is 4.64. The van der Waals surface area contributed by atoms with Crippen molar-refractivity contribution in [2.45, 2.75) is 56.4 Å². The van der Waals surface area contributed by atoms with Gasteiger partial charge in [-0.05, 0) is 0 Å². The Kier molecular flexibility index (Phi) is 186. The first-order chi connectivity index (χ1) is 17.1. The molecule has 0 aliphatic rings. The van der Waals surface area contributed by atoms with Crippen LogP contribution in [0.25, 0.3) is 0 Å². The summed E-state index contributed by atoms with van der Waals surface area (Å²) in [6.07, 6.45) is 0.385. The van der Waals surface area contributed by atoms with Crippen LogP contribution in [0.3, 0.4) is 0 Å². The lowest BCUT2D eigenvalue weighted by Gasteiger charge is -2.05. The van der Waals surface area contributed by atoms with Crippen molar-refractivity contribution in [3.8, 4) is 0 Å². The molecule has 41 heavy (non-hydrogen) atoms. The van der Waals surface area contributed by atoms with Crippen LogP contribution in [0.4, 0.5) is 0 Å². The highest BCUT2D eigenvalue weighted by Gasteiger charge is 1.91. The van der Waals surface area contributed by atoms with Gasteiger partial charge in [0.05, 0.1) is 59.0 Å². The van der Waals surface area contributed by atoms with Gasteiger partial charge in [-0.25, -0.2) is 10.5 Å². The molecule has 260 valence electrons. The Hall–Kier alpha value is -2.69. The molecule has 0 saturated carbocycles. The van der Waals surface area contributed by atoms with Gasteiger partial charge in [0.1, 0.15) is 0 Å². The zero-order valence-electron chi connectivity index (χ0n) is 19.9. The maximum Gasteiger partial charge on any atom is 0.373 e. The number of aliphatic hydroxyl groups is 6. The average molecular weight is 623 g/mol. The van der Waals surface area contributed by atoms with Crippen molar-refractivity contribution >= 4 is 23.8 Å². The Morgan fingerprint density at radius 3 is 0.878 bits per heavy atom. The zero-order chi connectivity index (χ0) is 30.0. The van der Waals surface area contributed by atoms with Crippen LogP contribution in [0, 0.1) is 16.2 Å². The van der Waals surface area contributed by atoms with Crippen LogP contribution in [0.2, 0.25) is 0 Å². The second kappa shape index (κ2) is 98.8. The molecule has 0 aliphatic carbocycles. The number of quaternary nitrogens is 1. The van der Waals surface area contributed by atoms with Gasteiger partial charge in [0.25, 0.3) is 0 Å². The first-order valence-electron chi connectivity index (χ1n) is 9.58. The highest BCUT2D eigenvalue weighted by Crippen LogP contribution is 1.79. The SMILES string of the molecule is C.C.C.C.C.N=C(CCO)OO.N=C(CCO)OO.N=C(CCO)O[O-].NCCO.NCCO.O=C=O.[NH3+]CCO. The molecule has 0 heterocycles. The Bertz CT molecular complexity index is 391. The van der Waals surface area contributed by atoms with Crippen molar-refractivity contribution in [1.82, 2.24) is 0 Å². The average Bonchev–Trinajstić information content (AvgIpc) is 2.90. The molecule has 0 aromatic rings. The Balaban J connectivity index is -0.0000000239. The molecule has 0 saturated heterocycles. The Morgan fingerprint density at radius 1 is 0.634 bits per heavy atom. The molecule has 0 atom stereocenters. The Morgan fingerprint density at radius 2 is 0.829 bits per heavy atom. The molecule has 0 aliphatic heterocycles. The third-order valence-corrected chi connectivity index (χ3v) is 1.75. The van der Waals surface area contributed by atoms with E-state index >= 15 is 0 Å². The zero-order valence-corrected chi connectivity index (χ0v) is 19.9. The van der Waals surface area contributed by atoms with Crippen LogP contribution < -0.4 is 22.5 Å². The molecule has 0 radical (unpaired) electrons. The standard InChI is InChI=1S/3C3H7NO3.3C2H7NO.CO2.5CH4/c3*4-3(7-6)1-2-5;3*3-1-2-4;2-1-3;;;;;/h3*4-6H,1-2H2;3*4H,1-3H2;;5*1H4. The van der Waals surface area contributed by atoms with Gasteiger partial charge in [-0.15, -0.1) is 0 Å². The molecule has 0 aromatic carbocycles. The molecular formula is C21H62N6O14. The van der Waals surface area contributed by atoms with E-state index in [-0.39, 0.29) is 114 Å². The van der Waals surface area contributed by atoms with Crippen molar-refractivity contribution in [2.24, 2.45) is 11.5 Å². The molecule has 0 spiro atoms. The third kappa shape index (κ3) is 198. The molecular weight excluding hydrogens is 560 g/mol. The van der Waals surface area contributed by atoms with Gasteiger partial charge in [0.15, 0.2) is 5.90 Å². The van der Waals surface area contributed by atoms with Gasteiger partial charge >= 0.3 is 6.15 Å². The normalized spacial score (nSPS) is 6.63. The minimum atomic E-state index is -0.428. The monoisotopic (exact) mass is 622 g/mol. The number of carbonyl (C=O) groups excluding carboxylic acids is 2. The van der Waals surface area contributed by atoms with Gasteiger partial charge in [0.2, 0.25) is 11.8 Å². The highest BCUT2D eigenvalue weighted by molar-refractivity contribution is 5.72. The maximum absolute atomic E-state index is 9.18. The van der Waals surface area contributed by atoms with Crippen molar-refractivity contribution in [3.05, 3.63) is 0 Å². The summed E-state index contributed by atoms with van der Waals surface area (Å²) in [5.74, 6) is -1.06. The summed E-state index contributed by atoms with van der Waals surface area (Å²) < 4.78 is 0. The van der Waals surface area contributed by atoms with Crippen molar-refractivity contribution in [3.63, 3.8) is 0 Å². The summed E-state index contributed by atoms with van der Waals surface area (Å²) in [5, 5.41) is 91.3. The van der Waals surface area contributed by atoms with Crippen molar-refractivity contribution in [1.29, 1.82) is 16.2 Å². The van der Waals surface area contributed by atoms with Crippen LogP contribution in [0.15, 0.2) is 0 Å². The van der Waals surface area contributed by atoms with Gasteiger partial charge in [-0.3, -0.25) is 16.2 Å². The second-order valence-electron chi connectivity index (χ2n) is 4.64. The third-order valence-electron chi connectivity index (χ3n) is 1.75. The number of rotatable bonds is 9. The fourth-order valence-corrected chi connectivity index (χ4v) is 0.438. The van der Waals surface area contributed by atoms with Gasteiger partial charge < -0.3 is 67.8 Å². The lowest BCUT2D eigenvalue weighted by molar-refractivity contribution is -0.650. The first-order valence-corrected chi connectivity index (χ1v) is 9.58. The van der Waals surface area contributed by atoms with E-state index in [0.29, 0.717) is 19.6 Å². The van der Waals surface area contributed by atoms with E-state index in [1.54, 1.807) is 0 Å². The van der Waals surface area contributed by atoms with Crippen LogP contribution in [0.5, 0.6) is 0 Å². The molecule has 0 bridgehead atoms. The topological polar surface area (TPSA) is 398 Å². The summed E-state index contributed by atoms with van der Waals surface area (Å²) >= 11 is 0. The molecule has 0 rings (SSSR count). The summed E-state index contributed by atoms with van der Waals surface area (Å²) in [5.41, 5.74) is 12.9. The summed E-state index contributed by atoms with van der Waals surface area (Å²) in [4.78, 5) is 26.2. The van der Waals surface area contributed by atoms with Crippen LogP contribution in [-0.2, 0) is 24.3 Å². The van der Waals surface area contributed by atoms with E-state index in [1.165, 1.54) is 0 Å². The molecule has 18 N–H and O–H groups in total. The first kappa shape index (κ1) is 77.0. The highest BCUT2D eigenvalue weighted by atomic mass is 17.1. The number of nitrogens with two attached hydrogens (primary N) is 2. The number of hydrogen-bond acceptors (Lipinski definition) is 19. The quantitative estimate of drug-likeness (QED) is 0.0527. The van der Waals surface area contributed by atoms with E-state index in [9.17, 15) is 5.26 Å². The molecule has 0 unspecified atom stereocenters. The fraction of sp³-hybridized carbons (Fsp3) is 0.810. The molecule has 0 amide bonds. The number of nitrogens with one attached hydrogen (secondary N) is 3. The van der Waals surface area contributed by atoms with Crippen LogP contribution >= 0.6 is 0 Å². The lowest BCUT2D eigenvalue weighted by Crippen LogP contribution is -2.51. The van der Waals surface area contributed by atoms with Crippen molar-refractivity contribution in [2.75, 3.05) is 59.3 Å². The molecule has 20 nitrogen and oxygen atoms in total. The minimum absolute atomic E-state index is 0. The Labute approximate surface area is 244 Å². The van der Waals surface area contributed by atoms with Gasteiger partial charge in [0, 0.05) is 19.5 Å². The van der Waals surface area contributed by atoms with Crippen molar-refractivity contribution < 1.29 is 76.4 Å². The van der Waals surface area contributed by atoms with Gasteiger partial charge in [-0.2, -0.15) is 9.59 Å². The minimum Gasteiger partial charge on any atom is -0.663 e. The number of aliphatic hydroxyl groups excluding tert-OH is 6.